The average molecular weight is 215 g/mol. The lowest BCUT2D eigenvalue weighted by atomic mass is 10.4. The Balaban J connectivity index is 3.53. The van der Waals surface area contributed by atoms with Crippen LogP contribution in [0, 0.1) is 19.3 Å². The highest BCUT2D eigenvalue weighted by atomic mass is 16.6. The molecule has 3 heteroatoms. The molecule has 0 heterocycles. The minimum Gasteiger partial charge on any atom is -0.378 e. The van der Waals surface area contributed by atoms with Crippen molar-refractivity contribution in [2.24, 2.45) is 0 Å². The third-order valence-electron chi connectivity index (χ3n) is 1.68. The summed E-state index contributed by atoms with van der Waals surface area (Å²) in [7, 11) is 0. The van der Waals surface area contributed by atoms with Crippen molar-refractivity contribution < 1.29 is 14.2 Å². The van der Waals surface area contributed by atoms with Crippen LogP contribution in [0.5, 0.6) is 0 Å². The molecular formula is C12H23O3. The van der Waals surface area contributed by atoms with Gasteiger partial charge in [0, 0.05) is 13.2 Å². The summed E-state index contributed by atoms with van der Waals surface area (Å²) in [4.78, 5) is 0. The van der Waals surface area contributed by atoms with E-state index in [0.717, 1.165) is 0 Å². The van der Waals surface area contributed by atoms with Crippen LogP contribution in [0.25, 0.3) is 0 Å². The van der Waals surface area contributed by atoms with Gasteiger partial charge in [-0.3, -0.25) is 0 Å². The highest BCUT2D eigenvalue weighted by Crippen LogP contribution is 1.97. The quantitative estimate of drug-likeness (QED) is 0.494. The zero-order chi connectivity index (χ0) is 11.4. The summed E-state index contributed by atoms with van der Waals surface area (Å²) in [6, 6.07) is 0. The van der Waals surface area contributed by atoms with Gasteiger partial charge in [-0.15, -0.1) is 0 Å². The van der Waals surface area contributed by atoms with Crippen molar-refractivity contribution in [1.29, 1.82) is 0 Å². The molecule has 0 aromatic carbocycles. The Morgan fingerprint density at radius 3 is 1.67 bits per heavy atom. The van der Waals surface area contributed by atoms with Gasteiger partial charge in [-0.05, 0) is 19.3 Å². The Kier molecular flexibility index (Phi) is 11.9. The molecule has 0 aliphatic heterocycles. The van der Waals surface area contributed by atoms with Crippen molar-refractivity contribution in [3.05, 3.63) is 19.3 Å². The first kappa shape index (κ1) is 14.9. The number of hydrogen-bond acceptors (Lipinski definition) is 3. The molecule has 0 aromatic rings. The lowest BCUT2D eigenvalue weighted by Crippen LogP contribution is -2.26. The van der Waals surface area contributed by atoms with E-state index in [4.69, 9.17) is 14.2 Å². The van der Waals surface area contributed by atoms with E-state index in [9.17, 15) is 0 Å². The van der Waals surface area contributed by atoms with Gasteiger partial charge in [0.2, 0.25) is 0 Å². The van der Waals surface area contributed by atoms with Crippen LogP contribution in [0.1, 0.15) is 20.8 Å². The molecule has 0 atom stereocenters. The predicted octanol–water partition coefficient (Wildman–Crippen LogP) is 2.08. The van der Waals surface area contributed by atoms with Gasteiger partial charge in [0.1, 0.15) is 6.10 Å². The monoisotopic (exact) mass is 215 g/mol. The Morgan fingerprint density at radius 2 is 1.27 bits per heavy atom. The standard InChI is InChI=1S/C12H23O3/c1-4-7-13-10-12(15-9-6-3)11-14-8-5-2/h4-6,12H,7-11H2,1-3H3. The summed E-state index contributed by atoms with van der Waals surface area (Å²) in [5.74, 6) is 0. The van der Waals surface area contributed by atoms with Crippen molar-refractivity contribution in [3.63, 3.8) is 0 Å². The molecule has 0 rings (SSSR count). The van der Waals surface area contributed by atoms with E-state index < -0.39 is 0 Å². The SMILES string of the molecule is C[CH]COCC(COC[CH]C)OC[CH]C. The molecule has 0 N–H and O–H groups in total. The van der Waals surface area contributed by atoms with Crippen molar-refractivity contribution >= 4 is 0 Å². The molecule has 0 saturated heterocycles. The van der Waals surface area contributed by atoms with Crippen molar-refractivity contribution in [1.82, 2.24) is 0 Å². The summed E-state index contributed by atoms with van der Waals surface area (Å²) >= 11 is 0. The van der Waals surface area contributed by atoms with Crippen LogP contribution in [-0.2, 0) is 14.2 Å². The first-order valence-electron chi connectivity index (χ1n) is 5.45. The predicted molar refractivity (Wildman–Crippen MR) is 61.3 cm³/mol. The van der Waals surface area contributed by atoms with Crippen molar-refractivity contribution in [2.45, 2.75) is 26.9 Å². The van der Waals surface area contributed by atoms with Gasteiger partial charge in [0.05, 0.1) is 19.8 Å². The fraction of sp³-hybridized carbons (Fsp3) is 0.750. The van der Waals surface area contributed by atoms with Crippen LogP contribution < -0.4 is 0 Å². The second-order valence-corrected chi connectivity index (χ2v) is 3.26. The molecule has 0 amide bonds. The maximum absolute atomic E-state index is 5.55. The van der Waals surface area contributed by atoms with Gasteiger partial charge >= 0.3 is 0 Å². The van der Waals surface area contributed by atoms with E-state index in [-0.39, 0.29) is 6.10 Å². The largest absolute Gasteiger partial charge is 0.378 e. The molecule has 0 spiro atoms. The summed E-state index contributed by atoms with van der Waals surface area (Å²) in [6.45, 7) is 9.05. The van der Waals surface area contributed by atoms with Crippen LogP contribution in [0.3, 0.4) is 0 Å². The second-order valence-electron chi connectivity index (χ2n) is 3.26. The Morgan fingerprint density at radius 1 is 0.800 bits per heavy atom. The van der Waals surface area contributed by atoms with E-state index in [1.807, 2.05) is 40.0 Å². The molecule has 3 nitrogen and oxygen atoms in total. The molecule has 0 aliphatic carbocycles. The molecule has 89 valence electrons. The molecule has 0 fully saturated rings. The fourth-order valence-corrected chi connectivity index (χ4v) is 1.01. The van der Waals surface area contributed by atoms with Crippen LogP contribution in [-0.4, -0.2) is 39.1 Å². The van der Waals surface area contributed by atoms with Crippen molar-refractivity contribution in [3.8, 4) is 0 Å². The van der Waals surface area contributed by atoms with E-state index in [2.05, 4.69) is 0 Å². The van der Waals surface area contributed by atoms with E-state index in [1.54, 1.807) is 0 Å². The average Bonchev–Trinajstić information content (AvgIpc) is 2.25. The van der Waals surface area contributed by atoms with Gasteiger partial charge < -0.3 is 14.2 Å². The fourth-order valence-electron chi connectivity index (χ4n) is 1.01. The van der Waals surface area contributed by atoms with E-state index in [0.29, 0.717) is 33.0 Å². The lowest BCUT2D eigenvalue weighted by molar-refractivity contribution is -0.0478. The highest BCUT2D eigenvalue weighted by Gasteiger charge is 2.08. The maximum Gasteiger partial charge on any atom is 0.104 e. The summed E-state index contributed by atoms with van der Waals surface area (Å²) in [5, 5.41) is 0. The van der Waals surface area contributed by atoms with Gasteiger partial charge in [-0.25, -0.2) is 0 Å². The van der Waals surface area contributed by atoms with Crippen LogP contribution in [0.2, 0.25) is 0 Å². The van der Waals surface area contributed by atoms with Gasteiger partial charge in [-0.1, -0.05) is 20.8 Å². The van der Waals surface area contributed by atoms with Gasteiger partial charge in [0.15, 0.2) is 0 Å². The summed E-state index contributed by atoms with van der Waals surface area (Å²) < 4.78 is 16.3. The minimum absolute atomic E-state index is 0.0288. The first-order valence-corrected chi connectivity index (χ1v) is 5.45. The molecule has 0 unspecified atom stereocenters. The molecule has 0 bridgehead atoms. The number of ether oxygens (including phenoxy) is 3. The lowest BCUT2D eigenvalue weighted by Gasteiger charge is -2.17. The van der Waals surface area contributed by atoms with E-state index >= 15 is 0 Å². The Hall–Kier alpha value is -0.120. The zero-order valence-corrected chi connectivity index (χ0v) is 10.1. The Labute approximate surface area is 94.1 Å². The molecule has 0 aliphatic rings. The normalized spacial score (nSPS) is 11.2. The molecule has 15 heavy (non-hydrogen) atoms. The van der Waals surface area contributed by atoms with Crippen LogP contribution in [0.15, 0.2) is 0 Å². The van der Waals surface area contributed by atoms with Gasteiger partial charge in [0.25, 0.3) is 0 Å². The molecule has 0 saturated carbocycles. The summed E-state index contributed by atoms with van der Waals surface area (Å²) in [6.07, 6.45) is 5.96. The summed E-state index contributed by atoms with van der Waals surface area (Å²) in [5.41, 5.74) is 0. The molecular weight excluding hydrogens is 192 g/mol. The Bertz CT molecular complexity index is 107. The number of rotatable bonds is 11. The first-order chi connectivity index (χ1) is 7.35. The van der Waals surface area contributed by atoms with Gasteiger partial charge in [-0.2, -0.15) is 0 Å². The maximum atomic E-state index is 5.55. The highest BCUT2D eigenvalue weighted by molar-refractivity contribution is 4.62. The minimum atomic E-state index is 0.0288. The second kappa shape index (κ2) is 12.0. The van der Waals surface area contributed by atoms with Crippen LogP contribution >= 0.6 is 0 Å². The topological polar surface area (TPSA) is 27.7 Å². The third-order valence-corrected chi connectivity index (χ3v) is 1.68. The van der Waals surface area contributed by atoms with Crippen molar-refractivity contribution in [2.75, 3.05) is 33.0 Å². The third kappa shape index (κ3) is 10.2. The molecule has 0 aromatic heterocycles. The van der Waals surface area contributed by atoms with Crippen LogP contribution in [0.4, 0.5) is 0 Å². The smallest absolute Gasteiger partial charge is 0.104 e. The van der Waals surface area contributed by atoms with E-state index in [1.165, 1.54) is 0 Å². The zero-order valence-electron chi connectivity index (χ0n) is 10.1. The molecule has 3 radical (unpaired) electrons. The number of hydrogen-bond donors (Lipinski definition) is 0.